The third-order valence-corrected chi connectivity index (χ3v) is 3.38. The molecule has 0 radical (unpaired) electrons. The number of benzene rings is 1. The summed E-state index contributed by atoms with van der Waals surface area (Å²) in [4.78, 5) is 11.8. The Balaban J connectivity index is 1.94. The smallest absolute Gasteiger partial charge is 0.325 e. The van der Waals surface area contributed by atoms with Gasteiger partial charge >= 0.3 is 6.03 Å². The van der Waals surface area contributed by atoms with Crippen LogP contribution in [0.2, 0.25) is 0 Å². The zero-order valence-corrected chi connectivity index (χ0v) is 12.2. The molecule has 7 heteroatoms. The summed E-state index contributed by atoms with van der Waals surface area (Å²) in [6, 6.07) is 6.79. The van der Waals surface area contributed by atoms with E-state index in [9.17, 15) is 4.79 Å². The molecule has 2 amide bonds. The molecule has 1 heterocycles. The molecule has 2 rings (SSSR count). The standard InChI is InChI=1S/C13H16N4O2S/c1-3-5-11-16-17-13(20-11)15-12(18)14-9-6-4-7-10(8-9)19-2/h4,6-8H,3,5H2,1-2H3,(H2,14,15,17,18). The molecule has 0 aliphatic carbocycles. The van der Waals surface area contributed by atoms with Gasteiger partial charge in [-0.15, -0.1) is 10.2 Å². The number of aromatic nitrogens is 2. The Bertz CT molecular complexity index is 585. The fraction of sp³-hybridized carbons (Fsp3) is 0.308. The number of nitrogens with one attached hydrogen (secondary N) is 2. The van der Waals surface area contributed by atoms with Crippen molar-refractivity contribution >= 4 is 28.2 Å². The summed E-state index contributed by atoms with van der Waals surface area (Å²) >= 11 is 1.39. The Hall–Kier alpha value is -2.15. The highest BCUT2D eigenvalue weighted by atomic mass is 32.1. The average Bonchev–Trinajstić information content (AvgIpc) is 2.86. The molecule has 0 unspecified atom stereocenters. The number of anilines is 2. The Morgan fingerprint density at radius 3 is 2.95 bits per heavy atom. The number of hydrogen-bond donors (Lipinski definition) is 2. The van der Waals surface area contributed by atoms with Crippen LogP contribution in [0.25, 0.3) is 0 Å². The first-order chi connectivity index (χ1) is 9.71. The number of urea groups is 1. The minimum absolute atomic E-state index is 0.350. The van der Waals surface area contributed by atoms with Crippen LogP contribution in [-0.2, 0) is 6.42 Å². The van der Waals surface area contributed by atoms with Crippen LogP contribution in [0.3, 0.4) is 0 Å². The average molecular weight is 292 g/mol. The van der Waals surface area contributed by atoms with E-state index in [4.69, 9.17) is 4.74 Å². The fourth-order valence-electron chi connectivity index (χ4n) is 1.58. The number of carbonyl (C=O) groups excluding carboxylic acids is 1. The van der Waals surface area contributed by atoms with E-state index in [0.29, 0.717) is 16.6 Å². The molecule has 0 atom stereocenters. The molecule has 1 aromatic carbocycles. The van der Waals surface area contributed by atoms with Crippen LogP contribution in [0.15, 0.2) is 24.3 Å². The molecule has 0 fully saturated rings. The van der Waals surface area contributed by atoms with Crippen LogP contribution < -0.4 is 15.4 Å². The number of nitrogens with zero attached hydrogens (tertiary/aromatic N) is 2. The van der Waals surface area contributed by atoms with E-state index in [0.717, 1.165) is 17.8 Å². The summed E-state index contributed by atoms with van der Waals surface area (Å²) in [5.41, 5.74) is 0.653. The zero-order chi connectivity index (χ0) is 14.4. The monoisotopic (exact) mass is 292 g/mol. The number of rotatable bonds is 5. The number of methoxy groups -OCH3 is 1. The first-order valence-corrected chi connectivity index (χ1v) is 7.07. The second kappa shape index (κ2) is 6.85. The molecule has 0 bridgehead atoms. The lowest BCUT2D eigenvalue weighted by atomic mass is 10.3. The Morgan fingerprint density at radius 1 is 1.35 bits per heavy atom. The van der Waals surface area contributed by atoms with Crippen LogP contribution in [0.5, 0.6) is 5.75 Å². The molecule has 1 aromatic heterocycles. The van der Waals surface area contributed by atoms with Gasteiger partial charge in [0.05, 0.1) is 7.11 Å². The van der Waals surface area contributed by atoms with Crippen LogP contribution in [0.1, 0.15) is 18.4 Å². The van der Waals surface area contributed by atoms with E-state index in [1.807, 2.05) is 6.07 Å². The third-order valence-electron chi connectivity index (χ3n) is 2.48. The second-order valence-electron chi connectivity index (χ2n) is 4.06. The number of ether oxygens (including phenoxy) is 1. The molecule has 0 saturated heterocycles. The van der Waals surface area contributed by atoms with Gasteiger partial charge in [-0.2, -0.15) is 0 Å². The molecule has 2 N–H and O–H groups in total. The predicted molar refractivity (Wildman–Crippen MR) is 79.5 cm³/mol. The molecule has 0 aliphatic rings. The summed E-state index contributed by atoms with van der Waals surface area (Å²) in [5, 5.41) is 14.7. The van der Waals surface area contributed by atoms with Gasteiger partial charge in [0.2, 0.25) is 5.13 Å². The first-order valence-electron chi connectivity index (χ1n) is 6.25. The Morgan fingerprint density at radius 2 is 2.20 bits per heavy atom. The van der Waals surface area contributed by atoms with Gasteiger partial charge < -0.3 is 10.1 Å². The van der Waals surface area contributed by atoms with E-state index >= 15 is 0 Å². The zero-order valence-electron chi connectivity index (χ0n) is 11.3. The van der Waals surface area contributed by atoms with Gasteiger partial charge in [-0.25, -0.2) is 4.79 Å². The van der Waals surface area contributed by atoms with E-state index in [1.165, 1.54) is 11.3 Å². The fourth-order valence-corrected chi connectivity index (χ4v) is 2.42. The number of hydrogen-bond acceptors (Lipinski definition) is 5. The maximum atomic E-state index is 11.8. The molecule has 0 aliphatic heterocycles. The Kier molecular flexibility index (Phi) is 4.89. The number of carbonyl (C=O) groups is 1. The van der Waals surface area contributed by atoms with E-state index in [1.54, 1.807) is 25.3 Å². The summed E-state index contributed by atoms with van der Waals surface area (Å²) in [6.07, 6.45) is 1.88. The van der Waals surface area contributed by atoms with Gasteiger partial charge in [-0.3, -0.25) is 5.32 Å². The second-order valence-corrected chi connectivity index (χ2v) is 5.12. The molecule has 20 heavy (non-hydrogen) atoms. The number of amides is 2. The normalized spacial score (nSPS) is 10.1. The van der Waals surface area contributed by atoms with Crippen molar-refractivity contribution in [2.75, 3.05) is 17.7 Å². The van der Waals surface area contributed by atoms with Gasteiger partial charge in [0.15, 0.2) is 0 Å². The molecular formula is C13H16N4O2S. The maximum Gasteiger partial charge on any atom is 0.325 e. The highest BCUT2D eigenvalue weighted by Crippen LogP contribution is 2.19. The maximum absolute atomic E-state index is 11.8. The summed E-state index contributed by atoms with van der Waals surface area (Å²) in [7, 11) is 1.58. The van der Waals surface area contributed by atoms with Crippen molar-refractivity contribution in [1.29, 1.82) is 0 Å². The third kappa shape index (κ3) is 3.92. The molecule has 6 nitrogen and oxygen atoms in total. The van der Waals surface area contributed by atoms with Gasteiger partial charge in [0.25, 0.3) is 0 Å². The number of aryl methyl sites for hydroxylation is 1. The highest BCUT2D eigenvalue weighted by Gasteiger charge is 2.08. The van der Waals surface area contributed by atoms with E-state index < -0.39 is 0 Å². The summed E-state index contributed by atoms with van der Waals surface area (Å²) in [5.74, 6) is 0.684. The van der Waals surface area contributed by atoms with Crippen molar-refractivity contribution < 1.29 is 9.53 Å². The van der Waals surface area contributed by atoms with Crippen LogP contribution in [-0.4, -0.2) is 23.3 Å². The molecule has 106 valence electrons. The lowest BCUT2D eigenvalue weighted by Gasteiger charge is -2.06. The van der Waals surface area contributed by atoms with Crippen molar-refractivity contribution in [2.45, 2.75) is 19.8 Å². The van der Waals surface area contributed by atoms with Crippen LogP contribution in [0.4, 0.5) is 15.6 Å². The largest absolute Gasteiger partial charge is 0.497 e. The molecule has 0 spiro atoms. The van der Waals surface area contributed by atoms with Crippen LogP contribution in [0, 0.1) is 0 Å². The van der Waals surface area contributed by atoms with Crippen molar-refractivity contribution in [3.05, 3.63) is 29.3 Å². The van der Waals surface area contributed by atoms with E-state index in [2.05, 4.69) is 27.8 Å². The highest BCUT2D eigenvalue weighted by molar-refractivity contribution is 7.15. The molecular weight excluding hydrogens is 276 g/mol. The van der Waals surface area contributed by atoms with Gasteiger partial charge in [-0.05, 0) is 18.6 Å². The lowest BCUT2D eigenvalue weighted by Crippen LogP contribution is -2.19. The van der Waals surface area contributed by atoms with Gasteiger partial charge in [0.1, 0.15) is 10.8 Å². The molecule has 2 aromatic rings. The van der Waals surface area contributed by atoms with Crippen LogP contribution >= 0.6 is 11.3 Å². The van der Waals surface area contributed by atoms with Gasteiger partial charge in [-0.1, -0.05) is 24.3 Å². The quantitative estimate of drug-likeness (QED) is 0.887. The summed E-state index contributed by atoms with van der Waals surface area (Å²) in [6.45, 7) is 2.07. The molecule has 0 saturated carbocycles. The minimum atomic E-state index is -0.350. The lowest BCUT2D eigenvalue weighted by molar-refractivity contribution is 0.262. The van der Waals surface area contributed by atoms with Gasteiger partial charge in [0, 0.05) is 18.2 Å². The first kappa shape index (κ1) is 14.3. The van der Waals surface area contributed by atoms with Crippen molar-refractivity contribution in [3.63, 3.8) is 0 Å². The summed E-state index contributed by atoms with van der Waals surface area (Å²) < 4.78 is 5.09. The van der Waals surface area contributed by atoms with Crippen molar-refractivity contribution in [2.24, 2.45) is 0 Å². The Labute approximate surface area is 121 Å². The van der Waals surface area contributed by atoms with Crippen molar-refractivity contribution in [1.82, 2.24) is 10.2 Å². The minimum Gasteiger partial charge on any atom is -0.497 e. The van der Waals surface area contributed by atoms with Crippen molar-refractivity contribution in [3.8, 4) is 5.75 Å². The SMILES string of the molecule is CCCc1nnc(NC(=O)Nc2cccc(OC)c2)s1. The van der Waals surface area contributed by atoms with E-state index in [-0.39, 0.29) is 6.03 Å². The topological polar surface area (TPSA) is 76.1 Å². The predicted octanol–water partition coefficient (Wildman–Crippen LogP) is 3.14.